The lowest BCUT2D eigenvalue weighted by Crippen LogP contribution is -2.13. The van der Waals surface area contributed by atoms with Gasteiger partial charge < -0.3 is 10.4 Å². The molecule has 0 saturated carbocycles. The molecule has 0 bridgehead atoms. The Labute approximate surface area is 127 Å². The number of amides is 1. The molecule has 0 saturated heterocycles. The smallest absolute Gasteiger partial charge is 0.269 e. The second-order valence-corrected chi connectivity index (χ2v) is 5.39. The van der Waals surface area contributed by atoms with E-state index in [2.05, 4.69) is 26.7 Å². The van der Waals surface area contributed by atoms with Gasteiger partial charge in [-0.25, -0.2) is 0 Å². The molecule has 2 aromatic rings. The third-order valence-corrected chi connectivity index (χ3v) is 3.46. The van der Waals surface area contributed by atoms with Crippen molar-refractivity contribution in [2.45, 2.75) is 19.8 Å². The normalized spacial score (nSPS) is 10.1. The van der Waals surface area contributed by atoms with Crippen molar-refractivity contribution in [2.75, 3.05) is 11.9 Å². The van der Waals surface area contributed by atoms with Gasteiger partial charge in [-0.2, -0.15) is 0 Å². The van der Waals surface area contributed by atoms with Crippen LogP contribution in [0.5, 0.6) is 0 Å². The predicted molar refractivity (Wildman–Crippen MR) is 82.4 cm³/mol. The summed E-state index contributed by atoms with van der Waals surface area (Å²) in [7, 11) is 0. The highest BCUT2D eigenvalue weighted by atomic mass is 32.1. The van der Waals surface area contributed by atoms with Crippen molar-refractivity contribution in [3.05, 3.63) is 40.4 Å². The number of carbonyl (C=O) groups is 1. The van der Waals surface area contributed by atoms with Crippen LogP contribution in [-0.4, -0.2) is 27.2 Å². The van der Waals surface area contributed by atoms with Crippen LogP contribution >= 0.6 is 11.5 Å². The molecule has 0 spiro atoms. The van der Waals surface area contributed by atoms with Crippen LogP contribution in [0.15, 0.2) is 24.3 Å². The first-order chi connectivity index (χ1) is 10.1. The Balaban J connectivity index is 2.11. The van der Waals surface area contributed by atoms with Crippen LogP contribution in [0.4, 0.5) is 5.69 Å². The number of aliphatic hydroxyl groups is 1. The van der Waals surface area contributed by atoms with Crippen LogP contribution in [0, 0.1) is 11.8 Å². The molecule has 0 radical (unpaired) electrons. The molecule has 5 nitrogen and oxygen atoms in total. The zero-order chi connectivity index (χ0) is 15.2. The quantitative estimate of drug-likeness (QED) is 0.853. The lowest BCUT2D eigenvalue weighted by Gasteiger charge is -2.06. The Kier molecular flexibility index (Phi) is 5.04. The molecule has 0 aliphatic heterocycles. The molecule has 108 valence electrons. The van der Waals surface area contributed by atoms with Crippen molar-refractivity contribution in [1.29, 1.82) is 0 Å². The Morgan fingerprint density at radius 1 is 1.38 bits per heavy atom. The molecule has 21 heavy (non-hydrogen) atoms. The molecular formula is C15H15N3O2S. The number of nitrogens with one attached hydrogen (secondary N) is 1. The zero-order valence-corrected chi connectivity index (χ0v) is 12.6. The predicted octanol–water partition coefficient (Wildman–Crippen LogP) is 2.26. The minimum atomic E-state index is -0.206. The summed E-state index contributed by atoms with van der Waals surface area (Å²) in [6.45, 7) is 3.78. The van der Waals surface area contributed by atoms with E-state index in [1.807, 2.05) is 13.8 Å². The van der Waals surface area contributed by atoms with Crippen LogP contribution in [-0.2, 0) is 0 Å². The molecule has 0 unspecified atom stereocenters. The maximum absolute atomic E-state index is 12.2. The number of aromatic nitrogens is 2. The van der Waals surface area contributed by atoms with Crippen LogP contribution in [0.1, 0.15) is 40.7 Å². The third-order valence-electron chi connectivity index (χ3n) is 2.72. The largest absolute Gasteiger partial charge is 0.384 e. The van der Waals surface area contributed by atoms with Gasteiger partial charge in [0, 0.05) is 11.3 Å². The van der Waals surface area contributed by atoms with Gasteiger partial charge in [-0.1, -0.05) is 30.2 Å². The molecule has 1 aromatic heterocycles. The number of anilines is 1. The first-order valence-corrected chi connectivity index (χ1v) is 7.22. The summed E-state index contributed by atoms with van der Waals surface area (Å²) >= 11 is 1.10. The van der Waals surface area contributed by atoms with Crippen molar-refractivity contribution in [3.63, 3.8) is 0 Å². The van der Waals surface area contributed by atoms with Crippen molar-refractivity contribution in [3.8, 4) is 11.8 Å². The number of rotatable bonds is 3. The molecule has 6 heteroatoms. The van der Waals surface area contributed by atoms with Gasteiger partial charge in [-0.15, -0.1) is 5.10 Å². The number of hydrogen-bond acceptors (Lipinski definition) is 5. The van der Waals surface area contributed by atoms with Gasteiger partial charge in [0.25, 0.3) is 5.91 Å². The maximum atomic E-state index is 12.2. The number of hydrogen-bond donors (Lipinski definition) is 2. The Morgan fingerprint density at radius 2 is 2.10 bits per heavy atom. The van der Waals surface area contributed by atoms with E-state index in [9.17, 15) is 4.79 Å². The van der Waals surface area contributed by atoms with Crippen molar-refractivity contribution in [2.24, 2.45) is 0 Å². The summed E-state index contributed by atoms with van der Waals surface area (Å²) < 4.78 is 3.84. The van der Waals surface area contributed by atoms with E-state index in [4.69, 9.17) is 5.11 Å². The molecule has 1 heterocycles. The fourth-order valence-corrected chi connectivity index (χ4v) is 2.41. The van der Waals surface area contributed by atoms with Crippen LogP contribution < -0.4 is 5.32 Å². The molecule has 0 aliphatic rings. The van der Waals surface area contributed by atoms with Crippen molar-refractivity contribution >= 4 is 23.1 Å². The van der Waals surface area contributed by atoms with E-state index in [-0.39, 0.29) is 18.4 Å². The highest BCUT2D eigenvalue weighted by Gasteiger charge is 2.18. The zero-order valence-electron chi connectivity index (χ0n) is 11.8. The van der Waals surface area contributed by atoms with E-state index in [1.54, 1.807) is 24.3 Å². The SMILES string of the molecule is CC(C)c1nnsc1C(=O)Nc1ccc(C#CCO)cc1. The lowest BCUT2D eigenvalue weighted by molar-refractivity contribution is 0.102. The average Bonchev–Trinajstić information content (AvgIpc) is 2.96. The average molecular weight is 301 g/mol. The standard InChI is InChI=1S/C15H15N3O2S/c1-10(2)13-14(21-18-17-13)15(20)16-12-7-5-11(6-8-12)4-3-9-19/h5-8,10,19H,9H2,1-2H3,(H,16,20). The highest BCUT2D eigenvalue weighted by Crippen LogP contribution is 2.21. The van der Waals surface area contributed by atoms with E-state index < -0.39 is 0 Å². The van der Waals surface area contributed by atoms with Gasteiger partial charge in [-0.3, -0.25) is 4.79 Å². The maximum Gasteiger partial charge on any atom is 0.269 e. The Hall–Kier alpha value is -2.23. The monoisotopic (exact) mass is 301 g/mol. The molecular weight excluding hydrogens is 286 g/mol. The molecule has 2 N–H and O–H groups in total. The first kappa shape index (κ1) is 15.2. The number of aliphatic hydroxyl groups excluding tert-OH is 1. The van der Waals surface area contributed by atoms with E-state index in [0.29, 0.717) is 16.3 Å². The number of carbonyl (C=O) groups excluding carboxylic acids is 1. The fraction of sp³-hybridized carbons (Fsp3) is 0.267. The second kappa shape index (κ2) is 6.97. The molecule has 2 rings (SSSR count). The van der Waals surface area contributed by atoms with Gasteiger partial charge in [0.15, 0.2) is 0 Å². The van der Waals surface area contributed by atoms with Gasteiger partial charge in [0.05, 0.1) is 5.69 Å². The Morgan fingerprint density at radius 3 is 2.71 bits per heavy atom. The van der Waals surface area contributed by atoms with Crippen LogP contribution in [0.3, 0.4) is 0 Å². The summed E-state index contributed by atoms with van der Waals surface area (Å²) in [4.78, 5) is 12.8. The third kappa shape index (κ3) is 3.88. The summed E-state index contributed by atoms with van der Waals surface area (Å²) in [5.41, 5.74) is 2.17. The summed E-state index contributed by atoms with van der Waals surface area (Å²) in [6, 6.07) is 7.10. The summed E-state index contributed by atoms with van der Waals surface area (Å²) in [5.74, 6) is 5.31. The molecule has 0 atom stereocenters. The summed E-state index contributed by atoms with van der Waals surface area (Å²) in [6.07, 6.45) is 0. The van der Waals surface area contributed by atoms with Gasteiger partial charge in [0.2, 0.25) is 0 Å². The Bertz CT molecular complexity index is 681. The highest BCUT2D eigenvalue weighted by molar-refractivity contribution is 7.08. The fourth-order valence-electron chi connectivity index (χ4n) is 1.70. The number of benzene rings is 1. The van der Waals surface area contributed by atoms with Crippen molar-refractivity contribution in [1.82, 2.24) is 9.59 Å². The minimum Gasteiger partial charge on any atom is -0.384 e. The van der Waals surface area contributed by atoms with Crippen LogP contribution in [0.25, 0.3) is 0 Å². The van der Waals surface area contributed by atoms with E-state index in [0.717, 1.165) is 17.1 Å². The molecule has 1 aromatic carbocycles. The van der Waals surface area contributed by atoms with Crippen LogP contribution in [0.2, 0.25) is 0 Å². The lowest BCUT2D eigenvalue weighted by atomic mass is 10.1. The van der Waals surface area contributed by atoms with Gasteiger partial charge in [-0.05, 0) is 41.7 Å². The minimum absolute atomic E-state index is 0.153. The summed E-state index contributed by atoms with van der Waals surface area (Å²) in [5, 5.41) is 15.4. The van der Waals surface area contributed by atoms with Gasteiger partial charge in [0.1, 0.15) is 11.5 Å². The van der Waals surface area contributed by atoms with Gasteiger partial charge >= 0.3 is 0 Å². The van der Waals surface area contributed by atoms with E-state index in [1.165, 1.54) is 0 Å². The molecule has 0 fully saturated rings. The molecule has 0 aliphatic carbocycles. The number of nitrogens with zero attached hydrogens (tertiary/aromatic N) is 2. The van der Waals surface area contributed by atoms with Crippen molar-refractivity contribution < 1.29 is 9.90 Å². The first-order valence-electron chi connectivity index (χ1n) is 6.45. The topological polar surface area (TPSA) is 75.1 Å². The second-order valence-electron chi connectivity index (χ2n) is 4.63. The molecule has 1 amide bonds. The van der Waals surface area contributed by atoms with E-state index >= 15 is 0 Å².